The van der Waals surface area contributed by atoms with Crippen molar-refractivity contribution in [3.05, 3.63) is 54.3 Å². The highest BCUT2D eigenvalue weighted by molar-refractivity contribution is 7.80. The van der Waals surface area contributed by atoms with Gasteiger partial charge in [0.15, 0.2) is 5.11 Å². The van der Waals surface area contributed by atoms with Crippen LogP contribution in [-0.4, -0.2) is 70.9 Å². The van der Waals surface area contributed by atoms with E-state index in [-0.39, 0.29) is 36.1 Å². The predicted octanol–water partition coefficient (Wildman–Crippen LogP) is 2.36. The van der Waals surface area contributed by atoms with E-state index < -0.39 is 0 Å². The van der Waals surface area contributed by atoms with Gasteiger partial charge in [0, 0.05) is 31.5 Å². The van der Waals surface area contributed by atoms with Gasteiger partial charge in [-0.25, -0.2) is 4.39 Å². The predicted molar refractivity (Wildman–Crippen MR) is 127 cm³/mol. The molecule has 2 fully saturated rings. The first-order valence-electron chi connectivity index (χ1n) is 10.8. The molecule has 5 rings (SSSR count). The lowest BCUT2D eigenvalue weighted by Crippen LogP contribution is -2.45. The highest BCUT2D eigenvalue weighted by Crippen LogP contribution is 2.36. The maximum absolute atomic E-state index is 13.1. The zero-order valence-electron chi connectivity index (χ0n) is 18.6. The number of aromatic nitrogens is 4. The van der Waals surface area contributed by atoms with Gasteiger partial charge in [0.1, 0.15) is 29.8 Å². The topological polar surface area (TPSA) is 98.6 Å². The first-order valence-corrected chi connectivity index (χ1v) is 11.2. The van der Waals surface area contributed by atoms with Crippen molar-refractivity contribution < 1.29 is 18.6 Å². The highest BCUT2D eigenvalue weighted by Gasteiger charge is 2.50. The van der Waals surface area contributed by atoms with Crippen LogP contribution < -0.4 is 20.3 Å². The molecule has 2 aliphatic rings. The summed E-state index contributed by atoms with van der Waals surface area (Å²) in [5.74, 6) is 0.319. The first-order chi connectivity index (χ1) is 16.5. The average molecular weight is 486 g/mol. The third-order valence-corrected chi connectivity index (χ3v) is 5.99. The van der Waals surface area contributed by atoms with E-state index >= 15 is 0 Å². The Balaban J connectivity index is 1.23. The van der Waals surface area contributed by atoms with Crippen LogP contribution in [0.3, 0.4) is 0 Å². The second-order valence-electron chi connectivity index (χ2n) is 8.27. The second kappa shape index (κ2) is 9.49. The van der Waals surface area contributed by atoms with Gasteiger partial charge in [-0.15, -0.1) is 0 Å². The molecule has 3 heterocycles. The minimum atomic E-state index is -0.307. The number of fused-ring (bicyclic) bond motifs is 1. The van der Waals surface area contributed by atoms with E-state index in [4.69, 9.17) is 26.4 Å². The zero-order valence-corrected chi connectivity index (χ0v) is 19.4. The summed E-state index contributed by atoms with van der Waals surface area (Å²) < 4.78 is 32.8. The molecule has 4 unspecified atom stereocenters. The van der Waals surface area contributed by atoms with Crippen LogP contribution in [0.1, 0.15) is 6.04 Å². The summed E-state index contributed by atoms with van der Waals surface area (Å²) in [6.07, 6.45) is -0.517. The van der Waals surface area contributed by atoms with Crippen LogP contribution in [0.4, 0.5) is 15.8 Å². The smallest absolute Gasteiger partial charge is 0.341 e. The number of hydrogen-bond acceptors (Lipinski definition) is 8. The largest absolute Gasteiger partial charge is 0.423 e. The molecule has 2 saturated heterocycles. The zero-order chi connectivity index (χ0) is 23.7. The van der Waals surface area contributed by atoms with Crippen LogP contribution in [0.5, 0.6) is 11.8 Å². The van der Waals surface area contributed by atoms with Crippen molar-refractivity contribution in [2.75, 3.05) is 37.5 Å². The highest BCUT2D eigenvalue weighted by atomic mass is 32.1. The number of ether oxygens (including phenoxy) is 3. The van der Waals surface area contributed by atoms with E-state index in [1.165, 1.54) is 12.1 Å². The number of nitrogens with one attached hydrogen (secondary N) is 2. The van der Waals surface area contributed by atoms with E-state index in [1.807, 2.05) is 43.3 Å². The maximum Gasteiger partial charge on any atom is 0.341 e. The summed E-state index contributed by atoms with van der Waals surface area (Å²) in [5.41, 5.74) is 1.69. The Bertz CT molecular complexity index is 1160. The normalized spacial score (nSPS) is 23.4. The Morgan fingerprint density at radius 3 is 2.74 bits per heavy atom. The van der Waals surface area contributed by atoms with Gasteiger partial charge in [-0.3, -0.25) is 0 Å². The number of halogens is 1. The second-order valence-corrected chi connectivity index (χ2v) is 8.68. The van der Waals surface area contributed by atoms with Crippen molar-refractivity contribution in [2.45, 2.75) is 24.3 Å². The molecule has 2 aromatic carbocycles. The fourth-order valence-corrected chi connectivity index (χ4v) is 4.34. The van der Waals surface area contributed by atoms with Gasteiger partial charge >= 0.3 is 6.01 Å². The Morgan fingerprint density at radius 1 is 1.15 bits per heavy atom. The molecule has 0 aliphatic carbocycles. The molecule has 0 amide bonds. The standard InChI is InChI=1S/C22H24FN7O3S/c1-29(2)15-4-3-5-16(10-15)33-22-26-27-28-30(22)18-12-32-19-17(11-31-20(18)19)25-21(34)24-14-8-6-13(23)7-9-14/h3-10,17-20H,11-12H2,1-2H3,(H2,24,25,34). The number of nitrogens with zero attached hydrogens (tertiary/aromatic N) is 5. The molecule has 0 bridgehead atoms. The molecule has 4 atom stereocenters. The summed E-state index contributed by atoms with van der Waals surface area (Å²) in [7, 11) is 3.92. The molecular formula is C22H24FN7O3S. The summed E-state index contributed by atoms with van der Waals surface area (Å²) in [5, 5.41) is 18.7. The summed E-state index contributed by atoms with van der Waals surface area (Å²) in [4.78, 5) is 1.99. The monoisotopic (exact) mass is 485 g/mol. The molecule has 0 saturated carbocycles. The molecule has 3 aromatic rings. The summed E-state index contributed by atoms with van der Waals surface area (Å²) in [6, 6.07) is 13.5. The van der Waals surface area contributed by atoms with E-state index in [0.717, 1.165) is 5.69 Å². The number of anilines is 2. The maximum atomic E-state index is 13.1. The number of benzene rings is 2. The van der Waals surface area contributed by atoms with E-state index in [2.05, 4.69) is 26.2 Å². The van der Waals surface area contributed by atoms with Gasteiger partial charge in [0.25, 0.3) is 0 Å². The van der Waals surface area contributed by atoms with E-state index in [9.17, 15) is 4.39 Å². The Morgan fingerprint density at radius 2 is 1.94 bits per heavy atom. The van der Waals surface area contributed by atoms with Gasteiger partial charge in [0.05, 0.1) is 19.3 Å². The molecule has 34 heavy (non-hydrogen) atoms. The first kappa shape index (κ1) is 22.4. The third-order valence-electron chi connectivity index (χ3n) is 5.77. The molecule has 12 heteroatoms. The molecule has 2 aliphatic heterocycles. The fraction of sp³-hybridized carbons (Fsp3) is 0.364. The van der Waals surface area contributed by atoms with Crippen molar-refractivity contribution >= 4 is 28.7 Å². The summed E-state index contributed by atoms with van der Waals surface area (Å²) in [6.45, 7) is 0.769. The van der Waals surface area contributed by atoms with Gasteiger partial charge in [-0.1, -0.05) is 11.2 Å². The molecule has 0 radical (unpaired) electrons. The minimum absolute atomic E-state index is 0.159. The van der Waals surface area contributed by atoms with Gasteiger partial charge in [0.2, 0.25) is 0 Å². The third kappa shape index (κ3) is 4.65. The number of rotatable bonds is 6. The van der Waals surface area contributed by atoms with Crippen molar-refractivity contribution in [1.82, 2.24) is 25.5 Å². The molecule has 1 aromatic heterocycles. The van der Waals surface area contributed by atoms with Gasteiger partial charge in [-0.05, 0) is 59.0 Å². The number of hydrogen-bond donors (Lipinski definition) is 2. The van der Waals surface area contributed by atoms with Crippen LogP contribution in [0, 0.1) is 5.82 Å². The van der Waals surface area contributed by atoms with Crippen LogP contribution >= 0.6 is 12.2 Å². The van der Waals surface area contributed by atoms with E-state index in [1.54, 1.807) is 16.8 Å². The Kier molecular flexibility index (Phi) is 6.26. The lowest BCUT2D eigenvalue weighted by molar-refractivity contribution is 0.0615. The molecule has 2 N–H and O–H groups in total. The van der Waals surface area contributed by atoms with E-state index in [0.29, 0.717) is 29.8 Å². The lowest BCUT2D eigenvalue weighted by atomic mass is 10.1. The molecule has 0 spiro atoms. The van der Waals surface area contributed by atoms with Crippen LogP contribution in [0.25, 0.3) is 0 Å². The number of tetrazole rings is 1. The van der Waals surface area contributed by atoms with Crippen LogP contribution in [-0.2, 0) is 9.47 Å². The quantitative estimate of drug-likeness (QED) is 0.507. The fourth-order valence-electron chi connectivity index (χ4n) is 4.07. The van der Waals surface area contributed by atoms with Crippen molar-refractivity contribution in [1.29, 1.82) is 0 Å². The summed E-state index contributed by atoms with van der Waals surface area (Å²) >= 11 is 5.41. The van der Waals surface area contributed by atoms with Gasteiger partial charge in [-0.2, -0.15) is 4.68 Å². The Hall–Kier alpha value is -3.35. The van der Waals surface area contributed by atoms with Crippen LogP contribution in [0.2, 0.25) is 0 Å². The Labute approximate surface area is 201 Å². The van der Waals surface area contributed by atoms with Crippen molar-refractivity contribution in [3.63, 3.8) is 0 Å². The van der Waals surface area contributed by atoms with Gasteiger partial charge < -0.3 is 29.7 Å². The average Bonchev–Trinajstić information content (AvgIpc) is 3.53. The SMILES string of the molecule is CN(C)c1cccc(Oc2nnnn2C2COC3C(NC(=S)Nc4ccc(F)cc4)COC32)c1. The van der Waals surface area contributed by atoms with Crippen LogP contribution in [0.15, 0.2) is 48.5 Å². The number of thiocarbonyl (C=S) groups is 1. The minimum Gasteiger partial charge on any atom is -0.423 e. The lowest BCUT2D eigenvalue weighted by Gasteiger charge is -2.20. The molecule has 10 nitrogen and oxygen atoms in total. The van der Waals surface area contributed by atoms with Crippen molar-refractivity contribution in [2.24, 2.45) is 0 Å². The molecule has 178 valence electrons. The molecular weight excluding hydrogens is 461 g/mol. The van der Waals surface area contributed by atoms with Crippen molar-refractivity contribution in [3.8, 4) is 11.8 Å².